The largest absolute Gasteiger partial charge is 0.493 e. The van der Waals surface area contributed by atoms with E-state index in [-0.39, 0.29) is 37.0 Å². The van der Waals surface area contributed by atoms with Crippen molar-refractivity contribution in [2.45, 2.75) is 51.6 Å². The van der Waals surface area contributed by atoms with E-state index in [0.29, 0.717) is 23.6 Å². The lowest BCUT2D eigenvalue weighted by molar-refractivity contribution is 0.0981. The minimum Gasteiger partial charge on any atom is -0.493 e. The van der Waals surface area contributed by atoms with Crippen molar-refractivity contribution in [1.82, 2.24) is 14.7 Å². The summed E-state index contributed by atoms with van der Waals surface area (Å²) in [6, 6.07) is 11.5. The van der Waals surface area contributed by atoms with E-state index in [1.54, 1.807) is 19.2 Å². The van der Waals surface area contributed by atoms with Gasteiger partial charge < -0.3 is 15.4 Å². The molecule has 38 heavy (non-hydrogen) atoms. The van der Waals surface area contributed by atoms with Crippen LogP contribution in [0.5, 0.6) is 5.75 Å². The van der Waals surface area contributed by atoms with Gasteiger partial charge in [0.05, 0.1) is 17.9 Å². The van der Waals surface area contributed by atoms with Crippen LogP contribution in [0.15, 0.2) is 53.6 Å². The molecule has 208 valence electrons. The molecule has 11 heteroatoms. The fourth-order valence-electron chi connectivity index (χ4n) is 3.93. The Bertz CT molecular complexity index is 1410. The van der Waals surface area contributed by atoms with Crippen LogP contribution in [0.25, 0.3) is 11.3 Å². The molecule has 0 aliphatic rings. The molecule has 0 spiro atoms. The second-order valence-electron chi connectivity index (χ2n) is 9.36. The normalized spacial score (nSPS) is 11.6. The molecular weight excluding hydrogens is 509 g/mol. The van der Waals surface area contributed by atoms with Crippen molar-refractivity contribution < 1.29 is 25.2 Å². The Morgan fingerprint density at radius 3 is 2.47 bits per heavy atom. The number of nitrogens with zero attached hydrogens (tertiary/aromatic N) is 3. The number of halogens is 1. The first-order valence-electron chi connectivity index (χ1n) is 12.4. The third-order valence-corrected chi connectivity index (χ3v) is 7.17. The van der Waals surface area contributed by atoms with Gasteiger partial charge in [-0.25, -0.2) is 19.1 Å². The number of hydrogen-bond donors (Lipinski definition) is 2. The Morgan fingerprint density at radius 2 is 1.84 bits per heavy atom. The van der Waals surface area contributed by atoms with Crippen molar-refractivity contribution in [3.8, 4) is 17.0 Å². The molecule has 0 saturated carbocycles. The number of nitrogens with two attached hydrogens (primary N) is 1. The van der Waals surface area contributed by atoms with Crippen LogP contribution in [0.1, 0.15) is 53.7 Å². The summed E-state index contributed by atoms with van der Waals surface area (Å²) in [5.41, 5.74) is 6.53. The molecule has 1 aromatic carbocycles. The van der Waals surface area contributed by atoms with Crippen molar-refractivity contribution in [3.63, 3.8) is 0 Å². The number of nitrogens with one attached hydrogen (secondary N) is 1. The zero-order valence-corrected chi connectivity index (χ0v) is 23.0. The zero-order valence-electron chi connectivity index (χ0n) is 22.2. The van der Waals surface area contributed by atoms with E-state index >= 15 is 0 Å². The molecule has 3 N–H and O–H groups in total. The maximum absolute atomic E-state index is 14.5. The number of ether oxygens (including phenoxy) is 1. The van der Waals surface area contributed by atoms with E-state index in [2.05, 4.69) is 14.7 Å². The Morgan fingerprint density at radius 1 is 1.13 bits per heavy atom. The first-order valence-corrected chi connectivity index (χ1v) is 13.9. The van der Waals surface area contributed by atoms with Gasteiger partial charge in [-0.15, -0.1) is 0 Å². The standard InChI is InChI=1S/C27H34FN5O4S.2H2/c1-6-20(7-2)33(5)26-22(27(34)32-38(35,36)25-10-8-9-24(29)31-25)11-12-23(30-26)18-13-19(28)15-21(14-18)37-16-17(3)4;;/h8-15,17,20H,6-7,16H2,1-5H3,(H2,29,31)(H,32,34);2*1H. The van der Waals surface area contributed by atoms with E-state index in [4.69, 9.17) is 10.5 Å². The zero-order chi connectivity index (χ0) is 28.0. The third-order valence-electron chi connectivity index (χ3n) is 5.94. The lowest BCUT2D eigenvalue weighted by Gasteiger charge is -2.29. The van der Waals surface area contributed by atoms with Crippen LogP contribution in [-0.2, 0) is 10.0 Å². The Labute approximate surface area is 226 Å². The fourth-order valence-corrected chi connectivity index (χ4v) is 4.87. The molecule has 0 aliphatic heterocycles. The summed E-state index contributed by atoms with van der Waals surface area (Å²) >= 11 is 0. The molecule has 3 rings (SSSR count). The average molecular weight is 548 g/mol. The van der Waals surface area contributed by atoms with E-state index in [1.807, 2.05) is 32.6 Å². The number of amides is 1. The van der Waals surface area contributed by atoms with Gasteiger partial charge in [0.1, 0.15) is 23.2 Å². The predicted molar refractivity (Wildman–Crippen MR) is 150 cm³/mol. The van der Waals surface area contributed by atoms with Crippen LogP contribution in [0.2, 0.25) is 0 Å². The monoisotopic (exact) mass is 547 g/mol. The van der Waals surface area contributed by atoms with Gasteiger partial charge in [0.25, 0.3) is 15.9 Å². The van der Waals surface area contributed by atoms with Crippen molar-refractivity contribution in [1.29, 1.82) is 0 Å². The minimum absolute atomic E-state index is 0. The van der Waals surface area contributed by atoms with E-state index in [0.717, 1.165) is 12.8 Å². The summed E-state index contributed by atoms with van der Waals surface area (Å²) in [4.78, 5) is 23.6. The highest BCUT2D eigenvalue weighted by molar-refractivity contribution is 7.90. The van der Waals surface area contributed by atoms with Gasteiger partial charge in [0.2, 0.25) is 0 Å². The van der Waals surface area contributed by atoms with Crippen LogP contribution >= 0.6 is 0 Å². The maximum atomic E-state index is 14.5. The number of sulfonamides is 1. The topological polar surface area (TPSA) is 128 Å². The van der Waals surface area contributed by atoms with Gasteiger partial charge in [-0.3, -0.25) is 4.79 Å². The summed E-state index contributed by atoms with van der Waals surface area (Å²) in [6.45, 7) is 8.43. The van der Waals surface area contributed by atoms with Crippen LogP contribution < -0.4 is 20.1 Å². The molecule has 9 nitrogen and oxygen atoms in total. The first-order chi connectivity index (χ1) is 17.9. The third kappa shape index (κ3) is 6.97. The van der Waals surface area contributed by atoms with Crippen molar-refractivity contribution >= 4 is 27.6 Å². The van der Waals surface area contributed by atoms with Crippen molar-refractivity contribution in [3.05, 3.63) is 59.9 Å². The number of rotatable bonds is 11. The summed E-state index contributed by atoms with van der Waals surface area (Å²) in [5.74, 6) is -0.461. The maximum Gasteiger partial charge on any atom is 0.281 e. The predicted octanol–water partition coefficient (Wildman–Crippen LogP) is 5.14. The molecule has 2 heterocycles. The summed E-state index contributed by atoms with van der Waals surface area (Å²) in [6.07, 6.45) is 1.53. The molecule has 0 aliphatic carbocycles. The molecule has 0 bridgehead atoms. The number of carbonyl (C=O) groups is 1. The number of aromatic nitrogens is 2. The molecule has 0 radical (unpaired) electrons. The summed E-state index contributed by atoms with van der Waals surface area (Å²) < 4.78 is 47.9. The van der Waals surface area contributed by atoms with Crippen LogP contribution in [0.4, 0.5) is 16.0 Å². The van der Waals surface area contributed by atoms with Gasteiger partial charge in [0, 0.05) is 27.6 Å². The molecular formula is C27H38FN5O4S. The quantitative estimate of drug-likeness (QED) is 0.338. The van der Waals surface area contributed by atoms with E-state index in [9.17, 15) is 17.6 Å². The number of anilines is 2. The molecule has 1 amide bonds. The lowest BCUT2D eigenvalue weighted by atomic mass is 10.1. The van der Waals surface area contributed by atoms with E-state index < -0.39 is 21.7 Å². The first kappa shape index (κ1) is 28.8. The van der Waals surface area contributed by atoms with Crippen LogP contribution in [0.3, 0.4) is 0 Å². The average Bonchev–Trinajstić information content (AvgIpc) is 2.87. The van der Waals surface area contributed by atoms with Crippen molar-refractivity contribution in [2.24, 2.45) is 5.92 Å². The number of hydrogen-bond acceptors (Lipinski definition) is 8. The van der Waals surface area contributed by atoms with Gasteiger partial charge in [-0.1, -0.05) is 33.8 Å². The highest BCUT2D eigenvalue weighted by atomic mass is 32.2. The number of nitrogen functional groups attached to an aromatic ring is 1. The second-order valence-corrected chi connectivity index (χ2v) is 11.0. The molecule has 0 fully saturated rings. The molecule has 0 atom stereocenters. The van der Waals surface area contributed by atoms with Gasteiger partial charge in [0.15, 0.2) is 5.03 Å². The Balaban J connectivity index is 0.00000400. The smallest absolute Gasteiger partial charge is 0.281 e. The number of benzene rings is 1. The Hall–Kier alpha value is -3.73. The van der Waals surface area contributed by atoms with E-state index in [1.165, 1.54) is 36.4 Å². The minimum atomic E-state index is -4.29. The van der Waals surface area contributed by atoms with Gasteiger partial charge in [-0.05, 0) is 55.2 Å². The Kier molecular flexibility index (Phi) is 9.26. The summed E-state index contributed by atoms with van der Waals surface area (Å²) in [7, 11) is -2.51. The van der Waals surface area contributed by atoms with Crippen molar-refractivity contribution in [2.75, 3.05) is 24.3 Å². The van der Waals surface area contributed by atoms with Crippen LogP contribution in [0, 0.1) is 11.7 Å². The second kappa shape index (κ2) is 12.2. The SMILES string of the molecule is CCC(CC)N(C)c1nc(-c2cc(F)cc(OCC(C)C)c2)ccc1C(=O)NS(=O)(=O)c1cccc(N)n1.[HH].[HH]. The fraction of sp³-hybridized carbons (Fsp3) is 0.370. The number of pyridine rings is 2. The van der Waals surface area contributed by atoms with Crippen LogP contribution in [-0.4, -0.2) is 44.0 Å². The number of carbonyl (C=O) groups excluding carboxylic acids is 1. The molecule has 0 unspecified atom stereocenters. The lowest BCUT2D eigenvalue weighted by Crippen LogP contribution is -2.36. The summed E-state index contributed by atoms with van der Waals surface area (Å²) in [5, 5.41) is -0.376. The van der Waals surface area contributed by atoms with Gasteiger partial charge in [-0.2, -0.15) is 8.42 Å². The molecule has 3 aromatic rings. The molecule has 2 aromatic heterocycles. The highest BCUT2D eigenvalue weighted by Gasteiger charge is 2.26. The van der Waals surface area contributed by atoms with Gasteiger partial charge >= 0.3 is 0 Å². The highest BCUT2D eigenvalue weighted by Crippen LogP contribution is 2.29. The molecule has 0 saturated heterocycles.